The van der Waals surface area contributed by atoms with Crippen molar-refractivity contribution in [3.05, 3.63) is 56.6 Å². The molecule has 0 N–H and O–H groups in total. The number of hydrogen-bond donors (Lipinski definition) is 0. The smallest absolute Gasteiger partial charge is 0.161 e. The van der Waals surface area contributed by atoms with E-state index in [1.807, 2.05) is 19.1 Å². The van der Waals surface area contributed by atoms with Gasteiger partial charge < -0.3 is 0 Å². The van der Waals surface area contributed by atoms with Gasteiger partial charge in [0.15, 0.2) is 5.82 Å². The van der Waals surface area contributed by atoms with E-state index in [0.29, 0.717) is 11.0 Å². The van der Waals surface area contributed by atoms with Crippen LogP contribution in [0.5, 0.6) is 0 Å². The Morgan fingerprint density at radius 2 is 1.71 bits per heavy atom. The summed E-state index contributed by atoms with van der Waals surface area (Å²) in [6.45, 7) is 6.17. The Balaban J connectivity index is 2.33. The van der Waals surface area contributed by atoms with E-state index in [1.54, 1.807) is 0 Å². The average molecular weight is 362 g/mol. The molecule has 0 unspecified atom stereocenters. The Morgan fingerprint density at radius 1 is 0.952 bits per heavy atom. The number of aromatic nitrogens is 2. The van der Waals surface area contributed by atoms with Crippen LogP contribution >= 0.6 is 27.5 Å². The standard InChI is InChI=1S/C17H14BrClN2/c1-9-4-6-12(11(3)8-9)17-20-15-10(2)5-7-13(18)14(15)16(19)21-17/h4-8H,1-3H3. The highest BCUT2D eigenvalue weighted by atomic mass is 79.9. The van der Waals surface area contributed by atoms with Crippen molar-refractivity contribution in [2.75, 3.05) is 0 Å². The monoisotopic (exact) mass is 360 g/mol. The van der Waals surface area contributed by atoms with E-state index in [4.69, 9.17) is 16.6 Å². The largest absolute Gasteiger partial charge is 0.228 e. The summed E-state index contributed by atoms with van der Waals surface area (Å²) < 4.78 is 0.917. The molecule has 0 amide bonds. The molecule has 0 aliphatic heterocycles. The highest BCUT2D eigenvalue weighted by molar-refractivity contribution is 9.10. The Morgan fingerprint density at radius 3 is 2.43 bits per heavy atom. The van der Waals surface area contributed by atoms with Crippen LogP contribution in [0.2, 0.25) is 5.15 Å². The highest BCUT2D eigenvalue weighted by Crippen LogP contribution is 2.33. The highest BCUT2D eigenvalue weighted by Gasteiger charge is 2.13. The van der Waals surface area contributed by atoms with Crippen molar-refractivity contribution in [3.63, 3.8) is 0 Å². The molecule has 1 heterocycles. The first-order chi connectivity index (χ1) is 9.97. The van der Waals surface area contributed by atoms with Crippen molar-refractivity contribution in [2.24, 2.45) is 0 Å². The van der Waals surface area contributed by atoms with Gasteiger partial charge in [0.25, 0.3) is 0 Å². The van der Waals surface area contributed by atoms with E-state index < -0.39 is 0 Å². The van der Waals surface area contributed by atoms with Gasteiger partial charge in [-0.3, -0.25) is 0 Å². The summed E-state index contributed by atoms with van der Waals surface area (Å²) in [5, 5.41) is 1.34. The Kier molecular flexibility index (Phi) is 3.72. The summed E-state index contributed by atoms with van der Waals surface area (Å²) in [5.41, 5.74) is 5.37. The normalized spacial score (nSPS) is 11.1. The molecule has 0 bridgehead atoms. The number of nitrogens with zero attached hydrogens (tertiary/aromatic N) is 2. The second-order valence-corrected chi connectivity index (χ2v) is 6.46. The molecule has 106 valence electrons. The zero-order valence-corrected chi connectivity index (χ0v) is 14.4. The summed E-state index contributed by atoms with van der Waals surface area (Å²) in [7, 11) is 0. The van der Waals surface area contributed by atoms with E-state index in [0.717, 1.165) is 32.1 Å². The maximum absolute atomic E-state index is 6.39. The van der Waals surface area contributed by atoms with Gasteiger partial charge >= 0.3 is 0 Å². The van der Waals surface area contributed by atoms with Gasteiger partial charge in [-0.25, -0.2) is 9.97 Å². The van der Waals surface area contributed by atoms with Crippen LogP contribution in [0.3, 0.4) is 0 Å². The van der Waals surface area contributed by atoms with Crippen LogP contribution < -0.4 is 0 Å². The van der Waals surface area contributed by atoms with Crippen molar-refractivity contribution >= 4 is 38.4 Å². The summed E-state index contributed by atoms with van der Waals surface area (Å²) in [4.78, 5) is 9.22. The lowest BCUT2D eigenvalue weighted by Gasteiger charge is -2.10. The van der Waals surface area contributed by atoms with Gasteiger partial charge in [-0.05, 0) is 53.9 Å². The number of hydrogen-bond acceptors (Lipinski definition) is 2. The lowest BCUT2D eigenvalue weighted by atomic mass is 10.0. The minimum Gasteiger partial charge on any atom is -0.228 e. The summed E-state index contributed by atoms with van der Waals surface area (Å²) in [6.07, 6.45) is 0. The van der Waals surface area contributed by atoms with Gasteiger partial charge in [0.1, 0.15) is 5.15 Å². The van der Waals surface area contributed by atoms with Crippen molar-refractivity contribution in [3.8, 4) is 11.4 Å². The quantitative estimate of drug-likeness (QED) is 0.524. The molecule has 0 saturated heterocycles. The van der Waals surface area contributed by atoms with Crippen LogP contribution in [0.25, 0.3) is 22.3 Å². The molecule has 0 aliphatic carbocycles. The lowest BCUT2D eigenvalue weighted by molar-refractivity contribution is 1.20. The van der Waals surface area contributed by atoms with E-state index in [9.17, 15) is 0 Å². The molecule has 21 heavy (non-hydrogen) atoms. The van der Waals surface area contributed by atoms with Crippen LogP contribution in [0.4, 0.5) is 0 Å². The van der Waals surface area contributed by atoms with E-state index in [-0.39, 0.29) is 0 Å². The van der Waals surface area contributed by atoms with Crippen LogP contribution in [0.1, 0.15) is 16.7 Å². The Hall–Kier alpha value is -1.45. The van der Waals surface area contributed by atoms with Gasteiger partial charge in [-0.1, -0.05) is 41.4 Å². The zero-order chi connectivity index (χ0) is 15.1. The number of fused-ring (bicyclic) bond motifs is 1. The SMILES string of the molecule is Cc1ccc(-c2nc(Cl)c3c(Br)ccc(C)c3n2)c(C)c1. The first kappa shape index (κ1) is 14.5. The molecule has 1 aromatic heterocycles. The zero-order valence-electron chi connectivity index (χ0n) is 12.0. The fourth-order valence-corrected chi connectivity index (χ4v) is 3.37. The molecule has 2 nitrogen and oxygen atoms in total. The molecule has 4 heteroatoms. The van der Waals surface area contributed by atoms with Gasteiger partial charge in [0.05, 0.1) is 10.9 Å². The Bertz CT molecular complexity index is 859. The maximum atomic E-state index is 6.39. The van der Waals surface area contributed by atoms with Crippen LogP contribution in [0, 0.1) is 20.8 Å². The number of aryl methyl sites for hydroxylation is 3. The number of benzene rings is 2. The third-order valence-electron chi connectivity index (χ3n) is 3.58. The molecular formula is C17H14BrClN2. The molecule has 0 aliphatic rings. The van der Waals surface area contributed by atoms with Gasteiger partial charge in [-0.2, -0.15) is 0 Å². The first-order valence-corrected chi connectivity index (χ1v) is 7.84. The van der Waals surface area contributed by atoms with Crippen molar-refractivity contribution < 1.29 is 0 Å². The molecule has 0 saturated carbocycles. The minimum atomic E-state index is 0.477. The average Bonchev–Trinajstić information content (AvgIpc) is 2.42. The van der Waals surface area contributed by atoms with Crippen LogP contribution in [0.15, 0.2) is 34.8 Å². The fourth-order valence-electron chi connectivity index (χ4n) is 2.48. The molecule has 3 aromatic rings. The number of halogens is 2. The predicted octanol–water partition coefficient (Wildman–Crippen LogP) is 5.64. The minimum absolute atomic E-state index is 0.477. The van der Waals surface area contributed by atoms with Crippen LogP contribution in [-0.2, 0) is 0 Å². The topological polar surface area (TPSA) is 25.8 Å². The first-order valence-electron chi connectivity index (χ1n) is 6.67. The fraction of sp³-hybridized carbons (Fsp3) is 0.176. The Labute approximate surface area is 137 Å². The molecule has 0 atom stereocenters. The van der Waals surface area contributed by atoms with E-state index >= 15 is 0 Å². The van der Waals surface area contributed by atoms with Gasteiger partial charge in [0.2, 0.25) is 0 Å². The number of rotatable bonds is 1. The molecule has 0 spiro atoms. The second-order valence-electron chi connectivity index (χ2n) is 5.24. The van der Waals surface area contributed by atoms with E-state index in [2.05, 4.69) is 53.0 Å². The summed E-state index contributed by atoms with van der Waals surface area (Å²) in [5.74, 6) is 0.672. The molecule has 0 radical (unpaired) electrons. The third-order valence-corrected chi connectivity index (χ3v) is 4.51. The molecule has 3 rings (SSSR count). The van der Waals surface area contributed by atoms with Crippen molar-refractivity contribution in [2.45, 2.75) is 20.8 Å². The maximum Gasteiger partial charge on any atom is 0.161 e. The molecule has 0 fully saturated rings. The van der Waals surface area contributed by atoms with Crippen molar-refractivity contribution in [1.29, 1.82) is 0 Å². The third kappa shape index (κ3) is 2.56. The van der Waals surface area contributed by atoms with Gasteiger partial charge in [-0.15, -0.1) is 0 Å². The second kappa shape index (κ2) is 5.39. The predicted molar refractivity (Wildman–Crippen MR) is 91.9 cm³/mol. The van der Waals surface area contributed by atoms with Crippen LogP contribution in [-0.4, -0.2) is 9.97 Å². The van der Waals surface area contributed by atoms with E-state index in [1.165, 1.54) is 5.56 Å². The molecular weight excluding hydrogens is 348 g/mol. The molecule has 2 aromatic carbocycles. The summed E-state index contributed by atoms with van der Waals surface area (Å²) >= 11 is 9.91. The van der Waals surface area contributed by atoms with Crippen molar-refractivity contribution in [1.82, 2.24) is 9.97 Å². The lowest BCUT2D eigenvalue weighted by Crippen LogP contribution is -1.96. The van der Waals surface area contributed by atoms with Gasteiger partial charge in [0, 0.05) is 10.0 Å². The summed E-state index contributed by atoms with van der Waals surface area (Å²) in [6, 6.07) is 10.3.